The lowest BCUT2D eigenvalue weighted by Crippen LogP contribution is -2.25. The number of rotatable bonds is 3. The van der Waals surface area contributed by atoms with E-state index in [0.29, 0.717) is 0 Å². The molecule has 0 aromatic rings. The zero-order chi connectivity index (χ0) is 9.14. The van der Waals surface area contributed by atoms with Gasteiger partial charge in [0.1, 0.15) is 0 Å². The molecule has 1 fully saturated rings. The standard InChI is InChI=1S/C11H22O/c1-8(2)11(9(3)4)10-5-6-12-7-10/h8-11H,5-7H2,1-4H3. The fraction of sp³-hybridized carbons (Fsp3) is 1.00. The van der Waals surface area contributed by atoms with Crippen molar-refractivity contribution in [2.45, 2.75) is 34.1 Å². The Morgan fingerprint density at radius 2 is 1.67 bits per heavy atom. The van der Waals surface area contributed by atoms with Crippen LogP contribution in [0.5, 0.6) is 0 Å². The van der Waals surface area contributed by atoms with Crippen LogP contribution in [-0.4, -0.2) is 13.2 Å². The van der Waals surface area contributed by atoms with E-state index < -0.39 is 0 Å². The molecule has 72 valence electrons. The monoisotopic (exact) mass is 170 g/mol. The summed E-state index contributed by atoms with van der Waals surface area (Å²) in [5.74, 6) is 3.28. The number of hydrogen-bond acceptors (Lipinski definition) is 1. The molecule has 1 saturated heterocycles. The van der Waals surface area contributed by atoms with Gasteiger partial charge in [-0.2, -0.15) is 0 Å². The minimum atomic E-state index is 0.802. The molecule has 0 aliphatic carbocycles. The van der Waals surface area contributed by atoms with Gasteiger partial charge in [-0.25, -0.2) is 0 Å². The van der Waals surface area contributed by atoms with E-state index in [2.05, 4.69) is 27.7 Å². The SMILES string of the molecule is CC(C)C(C(C)C)C1CCOC1. The Hall–Kier alpha value is -0.0400. The van der Waals surface area contributed by atoms with Gasteiger partial charge in [0.15, 0.2) is 0 Å². The van der Waals surface area contributed by atoms with Crippen molar-refractivity contribution in [1.82, 2.24) is 0 Å². The molecular formula is C11H22O. The third-order valence-electron chi connectivity index (χ3n) is 3.05. The highest BCUT2D eigenvalue weighted by Crippen LogP contribution is 2.33. The molecule has 1 aliphatic rings. The van der Waals surface area contributed by atoms with E-state index in [9.17, 15) is 0 Å². The van der Waals surface area contributed by atoms with Crippen molar-refractivity contribution in [2.24, 2.45) is 23.7 Å². The second kappa shape index (κ2) is 4.27. The first-order valence-corrected chi connectivity index (χ1v) is 5.20. The Kier molecular flexibility index (Phi) is 3.57. The Morgan fingerprint density at radius 1 is 1.08 bits per heavy atom. The van der Waals surface area contributed by atoms with Gasteiger partial charge in [-0.3, -0.25) is 0 Å². The van der Waals surface area contributed by atoms with E-state index in [-0.39, 0.29) is 0 Å². The highest BCUT2D eigenvalue weighted by molar-refractivity contribution is 4.78. The van der Waals surface area contributed by atoms with Crippen molar-refractivity contribution >= 4 is 0 Å². The van der Waals surface area contributed by atoms with Crippen LogP contribution in [0.15, 0.2) is 0 Å². The van der Waals surface area contributed by atoms with E-state index in [4.69, 9.17) is 4.74 Å². The van der Waals surface area contributed by atoms with Crippen LogP contribution in [0, 0.1) is 23.7 Å². The molecule has 1 unspecified atom stereocenters. The van der Waals surface area contributed by atoms with E-state index in [1.165, 1.54) is 6.42 Å². The van der Waals surface area contributed by atoms with E-state index in [1.807, 2.05) is 0 Å². The van der Waals surface area contributed by atoms with E-state index >= 15 is 0 Å². The van der Waals surface area contributed by atoms with Crippen molar-refractivity contribution in [3.8, 4) is 0 Å². The molecular weight excluding hydrogens is 148 g/mol. The van der Waals surface area contributed by atoms with Crippen LogP contribution >= 0.6 is 0 Å². The summed E-state index contributed by atoms with van der Waals surface area (Å²) in [4.78, 5) is 0. The molecule has 0 amide bonds. The van der Waals surface area contributed by atoms with Gasteiger partial charge in [0, 0.05) is 13.2 Å². The van der Waals surface area contributed by atoms with E-state index in [0.717, 1.165) is 36.9 Å². The van der Waals surface area contributed by atoms with Crippen molar-refractivity contribution < 1.29 is 4.74 Å². The molecule has 1 heterocycles. The van der Waals surface area contributed by atoms with Crippen LogP contribution < -0.4 is 0 Å². The molecule has 1 heteroatoms. The molecule has 0 N–H and O–H groups in total. The highest BCUT2D eigenvalue weighted by atomic mass is 16.5. The van der Waals surface area contributed by atoms with Crippen LogP contribution in [0.2, 0.25) is 0 Å². The molecule has 1 nitrogen and oxygen atoms in total. The third kappa shape index (κ3) is 2.22. The van der Waals surface area contributed by atoms with Crippen LogP contribution in [0.1, 0.15) is 34.1 Å². The van der Waals surface area contributed by atoms with Crippen LogP contribution in [0.3, 0.4) is 0 Å². The van der Waals surface area contributed by atoms with Gasteiger partial charge in [0.25, 0.3) is 0 Å². The molecule has 1 atom stereocenters. The highest BCUT2D eigenvalue weighted by Gasteiger charge is 2.29. The summed E-state index contributed by atoms with van der Waals surface area (Å²) in [6, 6.07) is 0. The van der Waals surface area contributed by atoms with Crippen LogP contribution in [0.25, 0.3) is 0 Å². The van der Waals surface area contributed by atoms with Gasteiger partial charge in [-0.05, 0) is 30.1 Å². The van der Waals surface area contributed by atoms with Crippen molar-refractivity contribution in [3.05, 3.63) is 0 Å². The Labute approximate surface area is 76.5 Å². The van der Waals surface area contributed by atoms with Gasteiger partial charge < -0.3 is 4.74 Å². The first-order valence-electron chi connectivity index (χ1n) is 5.20. The quantitative estimate of drug-likeness (QED) is 0.632. The molecule has 0 bridgehead atoms. The lowest BCUT2D eigenvalue weighted by Gasteiger charge is -2.29. The normalized spacial score (nSPS) is 24.8. The summed E-state index contributed by atoms with van der Waals surface area (Å²) < 4.78 is 5.44. The first kappa shape index (κ1) is 10.0. The topological polar surface area (TPSA) is 9.23 Å². The van der Waals surface area contributed by atoms with E-state index in [1.54, 1.807) is 0 Å². The maximum absolute atomic E-state index is 5.44. The molecule has 0 aromatic carbocycles. The summed E-state index contributed by atoms with van der Waals surface area (Å²) in [6.45, 7) is 11.3. The van der Waals surface area contributed by atoms with Gasteiger partial charge in [-0.15, -0.1) is 0 Å². The molecule has 1 rings (SSSR count). The average Bonchev–Trinajstić information content (AvgIpc) is 2.37. The minimum absolute atomic E-state index is 0.802. The van der Waals surface area contributed by atoms with Crippen LogP contribution in [0.4, 0.5) is 0 Å². The summed E-state index contributed by atoms with van der Waals surface area (Å²) in [5.41, 5.74) is 0. The Bertz CT molecular complexity index is 115. The fourth-order valence-electron chi connectivity index (χ4n) is 2.71. The second-order valence-corrected chi connectivity index (χ2v) is 4.69. The summed E-state index contributed by atoms with van der Waals surface area (Å²) >= 11 is 0. The smallest absolute Gasteiger partial charge is 0.0497 e. The lowest BCUT2D eigenvalue weighted by atomic mass is 9.76. The van der Waals surface area contributed by atoms with Gasteiger partial charge in [0.05, 0.1) is 0 Å². The molecule has 0 aromatic heterocycles. The first-order chi connectivity index (χ1) is 5.63. The fourth-order valence-corrected chi connectivity index (χ4v) is 2.71. The molecule has 0 spiro atoms. The van der Waals surface area contributed by atoms with Crippen LogP contribution in [-0.2, 0) is 4.74 Å². The zero-order valence-electron chi connectivity index (χ0n) is 8.84. The maximum atomic E-state index is 5.44. The summed E-state index contributed by atoms with van der Waals surface area (Å²) in [7, 11) is 0. The Morgan fingerprint density at radius 3 is 2.00 bits per heavy atom. The minimum Gasteiger partial charge on any atom is -0.381 e. The molecule has 12 heavy (non-hydrogen) atoms. The van der Waals surface area contributed by atoms with Gasteiger partial charge in [0.2, 0.25) is 0 Å². The molecule has 1 aliphatic heterocycles. The zero-order valence-corrected chi connectivity index (χ0v) is 8.84. The largest absolute Gasteiger partial charge is 0.381 e. The predicted molar refractivity (Wildman–Crippen MR) is 52.1 cm³/mol. The molecule has 0 saturated carbocycles. The van der Waals surface area contributed by atoms with Crippen molar-refractivity contribution in [1.29, 1.82) is 0 Å². The average molecular weight is 170 g/mol. The van der Waals surface area contributed by atoms with Gasteiger partial charge >= 0.3 is 0 Å². The summed E-state index contributed by atoms with van der Waals surface area (Å²) in [5, 5.41) is 0. The predicted octanol–water partition coefficient (Wildman–Crippen LogP) is 2.95. The third-order valence-corrected chi connectivity index (χ3v) is 3.05. The lowest BCUT2D eigenvalue weighted by molar-refractivity contribution is 0.137. The van der Waals surface area contributed by atoms with Crippen molar-refractivity contribution in [3.63, 3.8) is 0 Å². The number of hydrogen-bond donors (Lipinski definition) is 0. The molecule has 0 radical (unpaired) electrons. The van der Waals surface area contributed by atoms with Crippen molar-refractivity contribution in [2.75, 3.05) is 13.2 Å². The number of ether oxygens (including phenoxy) is 1. The van der Waals surface area contributed by atoms with Gasteiger partial charge in [-0.1, -0.05) is 27.7 Å². The second-order valence-electron chi connectivity index (χ2n) is 4.69. The maximum Gasteiger partial charge on any atom is 0.0497 e. The summed E-state index contributed by atoms with van der Waals surface area (Å²) in [6.07, 6.45) is 1.28. The Balaban J connectivity index is 2.52.